The number of aryl methyl sites for hydroxylation is 1. The molecule has 1 N–H and O–H groups in total. The van der Waals surface area contributed by atoms with Crippen LogP contribution in [-0.4, -0.2) is 20.9 Å². The first kappa shape index (κ1) is 14.0. The standard InChI is InChI=1S/C14H10ClFN2O2S/c1-2-10-7-6-11(14(19)20)21-13(7)18(17-10)12-8(15)4-3-5-9(12)16/h3-6H,2H2,1H3,(H,19,20). The number of benzene rings is 1. The second-order valence-electron chi connectivity index (χ2n) is 4.42. The van der Waals surface area contributed by atoms with E-state index in [4.69, 9.17) is 16.7 Å². The van der Waals surface area contributed by atoms with Gasteiger partial charge < -0.3 is 5.11 Å². The summed E-state index contributed by atoms with van der Waals surface area (Å²) in [4.78, 5) is 11.9. The molecular weight excluding hydrogens is 315 g/mol. The Bertz CT molecular complexity index is 836. The summed E-state index contributed by atoms with van der Waals surface area (Å²) in [6.45, 7) is 1.91. The van der Waals surface area contributed by atoms with Gasteiger partial charge in [-0.25, -0.2) is 13.9 Å². The molecule has 3 rings (SSSR count). The molecule has 0 aliphatic rings. The highest BCUT2D eigenvalue weighted by Gasteiger charge is 2.20. The van der Waals surface area contributed by atoms with Gasteiger partial charge in [-0.2, -0.15) is 5.10 Å². The number of aromatic carboxylic acids is 1. The predicted molar refractivity (Wildman–Crippen MR) is 80.3 cm³/mol. The van der Waals surface area contributed by atoms with Gasteiger partial charge in [-0.3, -0.25) is 0 Å². The molecule has 7 heteroatoms. The van der Waals surface area contributed by atoms with Gasteiger partial charge in [0.2, 0.25) is 0 Å². The molecule has 0 saturated heterocycles. The number of thiophene rings is 1. The molecule has 3 aromatic rings. The summed E-state index contributed by atoms with van der Waals surface area (Å²) in [7, 11) is 0. The molecule has 0 aliphatic carbocycles. The van der Waals surface area contributed by atoms with E-state index >= 15 is 0 Å². The van der Waals surface area contributed by atoms with Gasteiger partial charge in [-0.15, -0.1) is 11.3 Å². The van der Waals surface area contributed by atoms with Crippen LogP contribution in [0.3, 0.4) is 0 Å². The lowest BCUT2D eigenvalue weighted by atomic mass is 10.2. The Kier molecular flexibility index (Phi) is 3.43. The molecule has 2 aromatic heterocycles. The molecule has 0 radical (unpaired) electrons. The van der Waals surface area contributed by atoms with Gasteiger partial charge in [0.1, 0.15) is 21.2 Å². The summed E-state index contributed by atoms with van der Waals surface area (Å²) in [6, 6.07) is 5.95. The lowest BCUT2D eigenvalue weighted by Crippen LogP contribution is -2.01. The van der Waals surface area contributed by atoms with E-state index in [-0.39, 0.29) is 15.6 Å². The minimum atomic E-state index is -1.01. The van der Waals surface area contributed by atoms with Crippen LogP contribution in [0.15, 0.2) is 24.3 Å². The van der Waals surface area contributed by atoms with Crippen LogP contribution in [0, 0.1) is 5.82 Å². The average Bonchev–Trinajstić information content (AvgIpc) is 2.98. The predicted octanol–water partition coefficient (Wildman–Crippen LogP) is 4.14. The fourth-order valence-corrected chi connectivity index (χ4v) is 3.40. The van der Waals surface area contributed by atoms with Crippen LogP contribution in [0.1, 0.15) is 22.3 Å². The lowest BCUT2D eigenvalue weighted by molar-refractivity contribution is 0.0702. The maximum absolute atomic E-state index is 14.1. The zero-order chi connectivity index (χ0) is 15.1. The smallest absolute Gasteiger partial charge is 0.345 e. The molecule has 2 heterocycles. The number of aromatic nitrogens is 2. The number of carboxylic acid groups (broad SMARTS) is 1. The Morgan fingerprint density at radius 2 is 2.29 bits per heavy atom. The van der Waals surface area contributed by atoms with Crippen molar-refractivity contribution in [3.8, 4) is 5.69 Å². The Labute approximate surface area is 128 Å². The summed E-state index contributed by atoms with van der Waals surface area (Å²) in [5.74, 6) is -1.51. The van der Waals surface area contributed by atoms with E-state index < -0.39 is 11.8 Å². The van der Waals surface area contributed by atoms with Crippen LogP contribution in [0.4, 0.5) is 4.39 Å². The average molecular weight is 325 g/mol. The highest BCUT2D eigenvalue weighted by molar-refractivity contribution is 7.20. The molecule has 0 unspecified atom stereocenters. The Balaban J connectivity index is 2.35. The number of fused-ring (bicyclic) bond motifs is 1. The Hall–Kier alpha value is -1.92. The molecule has 0 fully saturated rings. The molecule has 108 valence electrons. The van der Waals surface area contributed by atoms with Crippen molar-refractivity contribution >= 4 is 39.1 Å². The fraction of sp³-hybridized carbons (Fsp3) is 0.143. The fourth-order valence-electron chi connectivity index (χ4n) is 2.17. The first-order valence-electron chi connectivity index (χ1n) is 6.22. The molecular formula is C14H10ClFN2O2S. The van der Waals surface area contributed by atoms with Crippen molar-refractivity contribution in [2.24, 2.45) is 0 Å². The van der Waals surface area contributed by atoms with Gasteiger partial charge in [-0.05, 0) is 24.6 Å². The number of nitrogens with zero attached hydrogens (tertiary/aromatic N) is 2. The molecule has 0 aliphatic heterocycles. The van der Waals surface area contributed by atoms with Gasteiger partial charge in [0, 0.05) is 5.39 Å². The van der Waals surface area contributed by atoms with Crippen molar-refractivity contribution in [1.29, 1.82) is 0 Å². The van der Waals surface area contributed by atoms with Gasteiger partial charge in [0.15, 0.2) is 0 Å². The van der Waals surface area contributed by atoms with Crippen molar-refractivity contribution in [2.45, 2.75) is 13.3 Å². The van der Waals surface area contributed by atoms with Crippen LogP contribution >= 0.6 is 22.9 Å². The Morgan fingerprint density at radius 1 is 1.52 bits per heavy atom. The lowest BCUT2D eigenvalue weighted by Gasteiger charge is -2.06. The number of hydrogen-bond acceptors (Lipinski definition) is 3. The summed E-state index contributed by atoms with van der Waals surface area (Å²) in [5, 5.41) is 14.4. The van der Waals surface area contributed by atoms with E-state index in [1.165, 1.54) is 16.8 Å². The van der Waals surface area contributed by atoms with E-state index in [1.807, 2.05) is 6.92 Å². The summed E-state index contributed by atoms with van der Waals surface area (Å²) >= 11 is 7.13. The highest BCUT2D eigenvalue weighted by atomic mass is 35.5. The van der Waals surface area contributed by atoms with Crippen molar-refractivity contribution in [3.63, 3.8) is 0 Å². The topological polar surface area (TPSA) is 55.1 Å². The number of carbonyl (C=O) groups is 1. The number of halogens is 2. The van der Waals surface area contributed by atoms with Crippen LogP contribution in [0.25, 0.3) is 15.9 Å². The maximum Gasteiger partial charge on any atom is 0.345 e. The normalized spacial score (nSPS) is 11.2. The van der Waals surface area contributed by atoms with Gasteiger partial charge in [0.25, 0.3) is 0 Å². The zero-order valence-corrected chi connectivity index (χ0v) is 12.5. The van der Waals surface area contributed by atoms with E-state index in [2.05, 4.69) is 5.10 Å². The molecule has 0 atom stereocenters. The maximum atomic E-state index is 14.1. The van der Waals surface area contributed by atoms with Crippen molar-refractivity contribution < 1.29 is 14.3 Å². The molecule has 0 saturated carbocycles. The quantitative estimate of drug-likeness (QED) is 0.787. The van der Waals surface area contributed by atoms with Gasteiger partial charge in [0.05, 0.1) is 10.7 Å². The van der Waals surface area contributed by atoms with Gasteiger partial charge in [-0.1, -0.05) is 24.6 Å². The van der Waals surface area contributed by atoms with E-state index in [0.29, 0.717) is 16.9 Å². The monoisotopic (exact) mass is 324 g/mol. The third-order valence-corrected chi connectivity index (χ3v) is 4.54. The number of rotatable bonds is 3. The second kappa shape index (κ2) is 5.13. The minimum absolute atomic E-state index is 0.141. The first-order valence-corrected chi connectivity index (χ1v) is 7.41. The van der Waals surface area contributed by atoms with E-state index in [9.17, 15) is 9.18 Å². The molecule has 1 aromatic carbocycles. The van der Waals surface area contributed by atoms with Crippen molar-refractivity contribution in [1.82, 2.24) is 9.78 Å². The zero-order valence-electron chi connectivity index (χ0n) is 10.9. The van der Waals surface area contributed by atoms with Gasteiger partial charge >= 0.3 is 5.97 Å². The number of hydrogen-bond donors (Lipinski definition) is 1. The third kappa shape index (κ3) is 2.20. The highest BCUT2D eigenvalue weighted by Crippen LogP contribution is 2.33. The molecule has 0 spiro atoms. The van der Waals surface area contributed by atoms with E-state index in [1.54, 1.807) is 12.1 Å². The summed E-state index contributed by atoms with van der Waals surface area (Å²) in [6.07, 6.45) is 0.616. The van der Waals surface area contributed by atoms with Crippen LogP contribution < -0.4 is 0 Å². The number of carboxylic acids is 1. The molecule has 0 amide bonds. The van der Waals surface area contributed by atoms with Crippen molar-refractivity contribution in [3.05, 3.63) is 45.7 Å². The van der Waals surface area contributed by atoms with Crippen molar-refractivity contribution in [2.75, 3.05) is 0 Å². The first-order chi connectivity index (χ1) is 10.0. The summed E-state index contributed by atoms with van der Waals surface area (Å²) in [5.41, 5.74) is 0.857. The van der Waals surface area contributed by atoms with Crippen LogP contribution in [0.2, 0.25) is 5.02 Å². The number of para-hydroxylation sites is 1. The molecule has 0 bridgehead atoms. The largest absolute Gasteiger partial charge is 0.477 e. The summed E-state index contributed by atoms with van der Waals surface area (Å²) < 4.78 is 15.5. The van der Waals surface area contributed by atoms with Crippen LogP contribution in [0.5, 0.6) is 0 Å². The third-order valence-electron chi connectivity index (χ3n) is 3.13. The Morgan fingerprint density at radius 3 is 2.90 bits per heavy atom. The van der Waals surface area contributed by atoms with Crippen LogP contribution in [-0.2, 0) is 6.42 Å². The molecule has 4 nitrogen and oxygen atoms in total. The van der Waals surface area contributed by atoms with E-state index in [0.717, 1.165) is 16.7 Å². The second-order valence-corrected chi connectivity index (χ2v) is 5.85. The minimum Gasteiger partial charge on any atom is -0.477 e. The molecule has 21 heavy (non-hydrogen) atoms. The SMILES string of the molecule is CCc1nn(-c2c(F)cccc2Cl)c2sc(C(=O)O)cc12.